The van der Waals surface area contributed by atoms with Crippen LogP contribution in [0.2, 0.25) is 0 Å². The second-order valence-corrected chi connectivity index (χ2v) is 5.85. The zero-order valence-corrected chi connectivity index (χ0v) is 12.5. The van der Waals surface area contributed by atoms with Gasteiger partial charge in [0.05, 0.1) is 0 Å². The number of carbonyl (C=O) groups excluding carboxylic acids is 1. The van der Waals surface area contributed by atoms with Gasteiger partial charge < -0.3 is 10.6 Å². The van der Waals surface area contributed by atoms with Gasteiger partial charge in [0.15, 0.2) is 0 Å². The fourth-order valence-electron chi connectivity index (χ4n) is 2.92. The lowest BCUT2D eigenvalue weighted by atomic mass is 9.87. The minimum atomic E-state index is -0.0247. The lowest BCUT2D eigenvalue weighted by molar-refractivity contribution is -0.114. The van der Waals surface area contributed by atoms with Gasteiger partial charge in [0.25, 0.3) is 0 Å². The molecule has 0 atom stereocenters. The van der Waals surface area contributed by atoms with Crippen LogP contribution in [0.5, 0.6) is 0 Å². The predicted octanol–water partition coefficient (Wildman–Crippen LogP) is 3.71. The first-order valence-electron chi connectivity index (χ1n) is 7.81. The van der Waals surface area contributed by atoms with E-state index in [1.165, 1.54) is 51.0 Å². The van der Waals surface area contributed by atoms with Crippen molar-refractivity contribution in [2.45, 2.75) is 52.0 Å². The first kappa shape index (κ1) is 15.0. The van der Waals surface area contributed by atoms with Gasteiger partial charge in [0.1, 0.15) is 0 Å². The van der Waals surface area contributed by atoms with Crippen LogP contribution < -0.4 is 10.6 Å². The molecule has 1 aromatic carbocycles. The summed E-state index contributed by atoms with van der Waals surface area (Å²) >= 11 is 0. The molecule has 0 radical (unpaired) electrons. The molecule has 1 fully saturated rings. The number of benzene rings is 1. The SMILES string of the molecule is CC(=O)Nc1ccc(CNCCC2CCCCC2)cc1. The predicted molar refractivity (Wildman–Crippen MR) is 83.6 cm³/mol. The van der Waals surface area contributed by atoms with E-state index in [0.29, 0.717) is 0 Å². The van der Waals surface area contributed by atoms with Crippen LogP contribution in [0.4, 0.5) is 5.69 Å². The van der Waals surface area contributed by atoms with Crippen LogP contribution >= 0.6 is 0 Å². The molecule has 0 heterocycles. The molecule has 1 amide bonds. The largest absolute Gasteiger partial charge is 0.326 e. The van der Waals surface area contributed by atoms with Crippen molar-refractivity contribution in [2.24, 2.45) is 5.92 Å². The molecule has 2 rings (SSSR count). The van der Waals surface area contributed by atoms with Gasteiger partial charge in [-0.1, -0.05) is 44.2 Å². The molecular weight excluding hydrogens is 248 g/mol. The number of amides is 1. The van der Waals surface area contributed by atoms with Gasteiger partial charge >= 0.3 is 0 Å². The van der Waals surface area contributed by atoms with Crippen LogP contribution in [-0.2, 0) is 11.3 Å². The maximum absolute atomic E-state index is 10.9. The van der Waals surface area contributed by atoms with Crippen molar-refractivity contribution in [2.75, 3.05) is 11.9 Å². The second kappa shape index (κ2) is 8.05. The smallest absolute Gasteiger partial charge is 0.221 e. The third-order valence-electron chi connectivity index (χ3n) is 4.06. The average molecular weight is 274 g/mol. The number of anilines is 1. The summed E-state index contributed by atoms with van der Waals surface area (Å²) < 4.78 is 0. The lowest BCUT2D eigenvalue weighted by Crippen LogP contribution is -2.19. The van der Waals surface area contributed by atoms with Gasteiger partial charge in [0.2, 0.25) is 5.91 Å². The molecular formula is C17H26N2O. The molecule has 0 spiro atoms. The number of rotatable bonds is 6. The van der Waals surface area contributed by atoms with Gasteiger partial charge in [-0.2, -0.15) is 0 Å². The summed E-state index contributed by atoms with van der Waals surface area (Å²) in [7, 11) is 0. The number of nitrogens with one attached hydrogen (secondary N) is 2. The summed E-state index contributed by atoms with van der Waals surface area (Å²) in [6, 6.07) is 8.05. The first-order valence-corrected chi connectivity index (χ1v) is 7.81. The van der Waals surface area contributed by atoms with Gasteiger partial charge in [-0.3, -0.25) is 4.79 Å². The van der Waals surface area contributed by atoms with Crippen LogP contribution in [0.1, 0.15) is 51.0 Å². The highest BCUT2D eigenvalue weighted by Crippen LogP contribution is 2.25. The second-order valence-electron chi connectivity index (χ2n) is 5.85. The van der Waals surface area contributed by atoms with Gasteiger partial charge in [-0.05, 0) is 36.6 Å². The monoisotopic (exact) mass is 274 g/mol. The molecule has 0 saturated heterocycles. The van der Waals surface area contributed by atoms with E-state index in [1.807, 2.05) is 12.1 Å². The molecule has 1 aliphatic carbocycles. The number of hydrogen-bond acceptors (Lipinski definition) is 2. The zero-order valence-electron chi connectivity index (χ0n) is 12.5. The van der Waals surface area contributed by atoms with Crippen molar-refractivity contribution < 1.29 is 4.79 Å². The molecule has 1 aromatic rings. The van der Waals surface area contributed by atoms with E-state index in [4.69, 9.17) is 0 Å². The molecule has 2 N–H and O–H groups in total. The van der Waals surface area contributed by atoms with Crippen molar-refractivity contribution >= 4 is 11.6 Å². The van der Waals surface area contributed by atoms with Gasteiger partial charge in [-0.25, -0.2) is 0 Å². The molecule has 20 heavy (non-hydrogen) atoms. The minimum Gasteiger partial charge on any atom is -0.326 e. The maximum atomic E-state index is 10.9. The van der Waals surface area contributed by atoms with Crippen LogP contribution in [0, 0.1) is 5.92 Å². The van der Waals surface area contributed by atoms with E-state index >= 15 is 0 Å². The normalized spacial score (nSPS) is 16.1. The van der Waals surface area contributed by atoms with E-state index in [9.17, 15) is 4.79 Å². The zero-order chi connectivity index (χ0) is 14.2. The average Bonchev–Trinajstić information content (AvgIpc) is 2.46. The summed E-state index contributed by atoms with van der Waals surface area (Å²) in [5.41, 5.74) is 2.13. The summed E-state index contributed by atoms with van der Waals surface area (Å²) in [4.78, 5) is 10.9. The van der Waals surface area contributed by atoms with Gasteiger partial charge in [-0.15, -0.1) is 0 Å². The van der Waals surface area contributed by atoms with Crippen molar-refractivity contribution in [3.8, 4) is 0 Å². The van der Waals surface area contributed by atoms with E-state index in [1.54, 1.807) is 0 Å². The third-order valence-corrected chi connectivity index (χ3v) is 4.06. The van der Waals surface area contributed by atoms with E-state index in [2.05, 4.69) is 22.8 Å². The van der Waals surface area contributed by atoms with Crippen molar-refractivity contribution in [1.29, 1.82) is 0 Å². The van der Waals surface area contributed by atoms with E-state index < -0.39 is 0 Å². The molecule has 0 unspecified atom stereocenters. The molecule has 1 saturated carbocycles. The Balaban J connectivity index is 1.64. The first-order chi connectivity index (χ1) is 9.74. The van der Waals surface area contributed by atoms with Crippen LogP contribution in [-0.4, -0.2) is 12.5 Å². The standard InChI is InChI=1S/C17H26N2O/c1-14(20)19-17-9-7-16(8-10-17)13-18-12-11-15-5-3-2-4-6-15/h7-10,15,18H,2-6,11-13H2,1H3,(H,19,20). The summed E-state index contributed by atoms with van der Waals surface area (Å²) in [5, 5.41) is 6.30. The van der Waals surface area contributed by atoms with Crippen LogP contribution in [0.3, 0.4) is 0 Å². The lowest BCUT2D eigenvalue weighted by Gasteiger charge is -2.21. The molecule has 0 aliphatic heterocycles. The topological polar surface area (TPSA) is 41.1 Å². The third kappa shape index (κ3) is 5.33. The number of carbonyl (C=O) groups is 1. The van der Waals surface area contributed by atoms with Crippen molar-refractivity contribution in [3.63, 3.8) is 0 Å². The molecule has 3 nitrogen and oxygen atoms in total. The Labute approximate surface area is 122 Å². The Morgan fingerprint density at radius 2 is 1.85 bits per heavy atom. The Morgan fingerprint density at radius 1 is 1.15 bits per heavy atom. The highest BCUT2D eigenvalue weighted by Gasteiger charge is 2.12. The highest BCUT2D eigenvalue weighted by atomic mass is 16.1. The fourth-order valence-corrected chi connectivity index (χ4v) is 2.92. The Kier molecular flexibility index (Phi) is 6.06. The molecule has 1 aliphatic rings. The molecule has 3 heteroatoms. The Bertz CT molecular complexity index is 408. The summed E-state index contributed by atoms with van der Waals surface area (Å²) in [6.45, 7) is 3.55. The quantitative estimate of drug-likeness (QED) is 0.777. The van der Waals surface area contributed by atoms with Gasteiger partial charge in [0, 0.05) is 19.2 Å². The van der Waals surface area contributed by atoms with Crippen LogP contribution in [0.25, 0.3) is 0 Å². The summed E-state index contributed by atoms with van der Waals surface area (Å²) in [5.74, 6) is 0.918. The van der Waals surface area contributed by atoms with E-state index in [0.717, 1.165) is 24.7 Å². The molecule has 110 valence electrons. The summed E-state index contributed by atoms with van der Waals surface area (Å²) in [6.07, 6.45) is 8.44. The highest BCUT2D eigenvalue weighted by molar-refractivity contribution is 5.88. The number of hydrogen-bond donors (Lipinski definition) is 2. The molecule has 0 aromatic heterocycles. The van der Waals surface area contributed by atoms with Crippen molar-refractivity contribution in [1.82, 2.24) is 5.32 Å². The fraction of sp³-hybridized carbons (Fsp3) is 0.588. The van der Waals surface area contributed by atoms with E-state index in [-0.39, 0.29) is 5.91 Å². The Hall–Kier alpha value is -1.35. The Morgan fingerprint density at radius 3 is 2.50 bits per heavy atom. The van der Waals surface area contributed by atoms with Crippen molar-refractivity contribution in [3.05, 3.63) is 29.8 Å². The maximum Gasteiger partial charge on any atom is 0.221 e. The molecule has 0 bridgehead atoms. The minimum absolute atomic E-state index is 0.0247. The van der Waals surface area contributed by atoms with Crippen LogP contribution in [0.15, 0.2) is 24.3 Å².